The summed E-state index contributed by atoms with van der Waals surface area (Å²) in [6, 6.07) is 15.4. The largest absolute Gasteiger partial charge is 0.480 e. The molecule has 0 saturated carbocycles. The predicted molar refractivity (Wildman–Crippen MR) is 129 cm³/mol. The van der Waals surface area contributed by atoms with E-state index in [0.717, 1.165) is 22.3 Å². The van der Waals surface area contributed by atoms with Crippen LogP contribution < -0.4 is 5.32 Å². The molecule has 35 heavy (non-hydrogen) atoms. The van der Waals surface area contributed by atoms with Gasteiger partial charge in [0.2, 0.25) is 0 Å². The highest BCUT2D eigenvalue weighted by molar-refractivity contribution is 7.99. The number of carbonyl (C=O) groups is 3. The number of amides is 2. The molecule has 1 unspecified atom stereocenters. The van der Waals surface area contributed by atoms with Crippen LogP contribution in [0.15, 0.2) is 60.9 Å². The van der Waals surface area contributed by atoms with Gasteiger partial charge in [0.05, 0.1) is 18.0 Å². The van der Waals surface area contributed by atoms with Crippen molar-refractivity contribution < 1.29 is 24.2 Å². The number of carbonyl (C=O) groups excluding carboxylic acids is 2. The Morgan fingerprint density at radius 2 is 1.66 bits per heavy atom. The van der Waals surface area contributed by atoms with Crippen LogP contribution in [-0.2, 0) is 16.1 Å². The fourth-order valence-electron chi connectivity index (χ4n) is 4.37. The molecule has 1 aromatic heterocycles. The molecule has 0 radical (unpaired) electrons. The number of aromatic nitrogens is 2. The molecule has 2 aromatic carbocycles. The molecule has 10 heteroatoms. The number of hydrogen-bond acceptors (Lipinski definition) is 7. The predicted octanol–water partition coefficient (Wildman–Crippen LogP) is 3.12. The first-order valence-electron chi connectivity index (χ1n) is 11.0. The zero-order valence-corrected chi connectivity index (χ0v) is 19.4. The van der Waals surface area contributed by atoms with Gasteiger partial charge in [0.25, 0.3) is 5.91 Å². The minimum Gasteiger partial charge on any atom is -0.480 e. The average Bonchev–Trinajstić information content (AvgIpc) is 3.50. The molecule has 0 bridgehead atoms. The second-order valence-corrected chi connectivity index (χ2v) is 9.20. The van der Waals surface area contributed by atoms with E-state index >= 15 is 0 Å². The highest BCUT2D eigenvalue weighted by Gasteiger charge is 2.35. The maximum Gasteiger partial charge on any atom is 0.407 e. The van der Waals surface area contributed by atoms with E-state index in [1.54, 1.807) is 0 Å². The van der Waals surface area contributed by atoms with E-state index in [1.807, 2.05) is 24.3 Å². The van der Waals surface area contributed by atoms with E-state index in [0.29, 0.717) is 17.5 Å². The van der Waals surface area contributed by atoms with E-state index in [2.05, 4.69) is 39.6 Å². The van der Waals surface area contributed by atoms with Crippen LogP contribution in [0, 0.1) is 0 Å². The molecule has 178 valence electrons. The second kappa shape index (κ2) is 9.75. The molecule has 2 N–H and O–H groups in total. The third kappa shape index (κ3) is 4.57. The van der Waals surface area contributed by atoms with Crippen molar-refractivity contribution in [1.29, 1.82) is 0 Å². The van der Waals surface area contributed by atoms with Crippen LogP contribution in [-0.4, -0.2) is 62.2 Å². The van der Waals surface area contributed by atoms with Crippen molar-refractivity contribution in [3.05, 3.63) is 83.4 Å². The van der Waals surface area contributed by atoms with E-state index in [4.69, 9.17) is 4.74 Å². The van der Waals surface area contributed by atoms with Gasteiger partial charge in [0.15, 0.2) is 0 Å². The molecule has 2 heterocycles. The molecule has 0 spiro atoms. The number of rotatable bonds is 6. The van der Waals surface area contributed by atoms with Gasteiger partial charge >= 0.3 is 12.1 Å². The lowest BCUT2D eigenvalue weighted by Crippen LogP contribution is -2.41. The molecule has 1 aliphatic carbocycles. The van der Waals surface area contributed by atoms with Gasteiger partial charge in [-0.05, 0) is 22.3 Å². The quantitative estimate of drug-likeness (QED) is 0.541. The Morgan fingerprint density at radius 1 is 1.03 bits per heavy atom. The Hall–Kier alpha value is -3.92. The maximum atomic E-state index is 12.6. The van der Waals surface area contributed by atoms with Gasteiger partial charge in [0, 0.05) is 24.1 Å². The number of carboxylic acid groups (broad SMARTS) is 1. The molecule has 3 aromatic rings. The maximum absolute atomic E-state index is 12.6. The summed E-state index contributed by atoms with van der Waals surface area (Å²) in [5, 5.41) is 11.9. The van der Waals surface area contributed by atoms with Crippen LogP contribution in [0.3, 0.4) is 0 Å². The zero-order chi connectivity index (χ0) is 24.4. The van der Waals surface area contributed by atoms with Crippen molar-refractivity contribution in [1.82, 2.24) is 20.2 Å². The number of carboxylic acids is 1. The molecule has 2 aliphatic rings. The second-order valence-electron chi connectivity index (χ2n) is 8.20. The highest BCUT2D eigenvalue weighted by atomic mass is 32.2. The molecule has 9 nitrogen and oxygen atoms in total. The van der Waals surface area contributed by atoms with Crippen LogP contribution in [0.25, 0.3) is 11.1 Å². The molecular weight excluding hydrogens is 468 g/mol. The summed E-state index contributed by atoms with van der Waals surface area (Å²) in [5.74, 6) is -0.536. The Labute approximate surface area is 205 Å². The van der Waals surface area contributed by atoms with Gasteiger partial charge in [-0.15, -0.1) is 11.8 Å². The Balaban J connectivity index is 1.16. The number of fused-ring (bicyclic) bond motifs is 3. The SMILES string of the molecule is O=C(NCc1ncc(C(=O)N2CSCC2C(=O)O)cn1)OCC1c2ccccc2-c2ccccc21. The lowest BCUT2D eigenvalue weighted by atomic mass is 9.98. The minimum absolute atomic E-state index is 0.0302. The van der Waals surface area contributed by atoms with Crippen molar-refractivity contribution in [2.24, 2.45) is 0 Å². The Kier molecular flexibility index (Phi) is 6.37. The van der Waals surface area contributed by atoms with Crippen LogP contribution >= 0.6 is 11.8 Å². The summed E-state index contributed by atoms with van der Waals surface area (Å²) in [5.41, 5.74) is 4.77. The average molecular weight is 491 g/mol. The summed E-state index contributed by atoms with van der Waals surface area (Å²) in [6.45, 7) is 0.231. The summed E-state index contributed by atoms with van der Waals surface area (Å²) >= 11 is 1.38. The lowest BCUT2D eigenvalue weighted by Gasteiger charge is -2.20. The third-order valence-electron chi connectivity index (χ3n) is 6.12. The summed E-state index contributed by atoms with van der Waals surface area (Å²) < 4.78 is 5.50. The Bertz CT molecular complexity index is 1240. The fraction of sp³-hybridized carbons (Fsp3) is 0.240. The summed E-state index contributed by atoms with van der Waals surface area (Å²) in [4.78, 5) is 45.8. The van der Waals surface area contributed by atoms with Crippen molar-refractivity contribution in [2.45, 2.75) is 18.5 Å². The number of aliphatic carboxylic acids is 1. The smallest absolute Gasteiger partial charge is 0.407 e. The number of hydrogen-bond donors (Lipinski definition) is 2. The molecular formula is C25H22N4O5S. The van der Waals surface area contributed by atoms with Crippen LogP contribution in [0.5, 0.6) is 0 Å². The number of thioether (sulfide) groups is 1. The molecule has 1 saturated heterocycles. The highest BCUT2D eigenvalue weighted by Crippen LogP contribution is 2.44. The van der Waals surface area contributed by atoms with Gasteiger partial charge in [-0.2, -0.15) is 0 Å². The first-order valence-corrected chi connectivity index (χ1v) is 12.2. The molecule has 1 fully saturated rings. The number of ether oxygens (including phenoxy) is 1. The van der Waals surface area contributed by atoms with E-state index in [-0.39, 0.29) is 24.6 Å². The van der Waals surface area contributed by atoms with Gasteiger partial charge < -0.3 is 20.1 Å². The monoisotopic (exact) mass is 490 g/mol. The topological polar surface area (TPSA) is 122 Å². The molecule has 1 aliphatic heterocycles. The van der Waals surface area contributed by atoms with Gasteiger partial charge in [-0.25, -0.2) is 19.6 Å². The molecule has 1 atom stereocenters. The minimum atomic E-state index is -1.03. The Morgan fingerprint density at radius 3 is 2.29 bits per heavy atom. The number of nitrogens with one attached hydrogen (secondary N) is 1. The number of alkyl carbamates (subject to hydrolysis) is 1. The van der Waals surface area contributed by atoms with Gasteiger partial charge in [-0.1, -0.05) is 48.5 Å². The molecule has 5 rings (SSSR count). The first kappa shape index (κ1) is 22.9. The van der Waals surface area contributed by atoms with Crippen molar-refractivity contribution in [3.8, 4) is 11.1 Å². The fourth-order valence-corrected chi connectivity index (χ4v) is 5.52. The number of benzene rings is 2. The third-order valence-corrected chi connectivity index (χ3v) is 7.13. The van der Waals surface area contributed by atoms with E-state index in [9.17, 15) is 19.5 Å². The van der Waals surface area contributed by atoms with Crippen LogP contribution in [0.1, 0.15) is 33.2 Å². The van der Waals surface area contributed by atoms with Crippen molar-refractivity contribution in [2.75, 3.05) is 18.2 Å². The van der Waals surface area contributed by atoms with Crippen molar-refractivity contribution in [3.63, 3.8) is 0 Å². The normalized spacial score (nSPS) is 16.5. The summed E-state index contributed by atoms with van der Waals surface area (Å²) in [7, 11) is 0. The zero-order valence-electron chi connectivity index (χ0n) is 18.6. The number of nitrogens with zero attached hydrogens (tertiary/aromatic N) is 3. The van der Waals surface area contributed by atoms with Crippen molar-refractivity contribution >= 4 is 29.7 Å². The van der Waals surface area contributed by atoms with E-state index in [1.165, 1.54) is 29.1 Å². The summed E-state index contributed by atoms with van der Waals surface area (Å²) in [6.07, 6.45) is 2.09. The van der Waals surface area contributed by atoms with Gasteiger partial charge in [-0.3, -0.25) is 4.79 Å². The standard InChI is InChI=1S/C25H22N4O5S/c30-23(29-14-35-13-21(29)24(31)32)15-9-26-22(27-10-15)11-28-25(33)34-12-20-18-7-3-1-5-16(18)17-6-2-4-8-19(17)20/h1-10,20-21H,11-14H2,(H,28,33)(H,31,32). The van der Waals surface area contributed by atoms with Crippen LogP contribution in [0.2, 0.25) is 0 Å². The molecule has 2 amide bonds. The van der Waals surface area contributed by atoms with Crippen LogP contribution in [0.4, 0.5) is 4.79 Å². The first-order chi connectivity index (χ1) is 17.0. The lowest BCUT2D eigenvalue weighted by molar-refractivity contribution is -0.140. The van der Waals surface area contributed by atoms with E-state index < -0.39 is 24.0 Å². The van der Waals surface area contributed by atoms with Gasteiger partial charge in [0.1, 0.15) is 18.5 Å².